The highest BCUT2D eigenvalue weighted by Crippen LogP contribution is 2.28. The number of amides is 1. The van der Waals surface area contributed by atoms with Gasteiger partial charge in [-0.15, -0.1) is 0 Å². The topological polar surface area (TPSA) is 59.6 Å². The lowest BCUT2D eigenvalue weighted by molar-refractivity contribution is 0.0977. The van der Waals surface area contributed by atoms with E-state index in [4.69, 9.17) is 33.3 Å². The molecule has 26 heavy (non-hydrogen) atoms. The first-order valence-corrected chi connectivity index (χ1v) is 9.30. The van der Waals surface area contributed by atoms with Crippen LogP contribution in [0.4, 0.5) is 5.69 Å². The summed E-state index contributed by atoms with van der Waals surface area (Å²) in [7, 11) is 1.54. The molecule has 5 nitrogen and oxygen atoms in total. The lowest BCUT2D eigenvalue weighted by atomic mass is 10.2. The number of carbonyl (C=O) groups is 1. The lowest BCUT2D eigenvalue weighted by Gasteiger charge is -2.13. The molecule has 0 heterocycles. The van der Waals surface area contributed by atoms with Gasteiger partial charge in [-0.25, -0.2) is 0 Å². The van der Waals surface area contributed by atoms with E-state index < -0.39 is 0 Å². The summed E-state index contributed by atoms with van der Waals surface area (Å²) in [5.41, 5.74) is 1.09. The van der Waals surface area contributed by atoms with Crippen LogP contribution in [0, 0.1) is 0 Å². The second kappa shape index (κ2) is 9.21. The average Bonchev–Trinajstić information content (AvgIpc) is 2.56. The maximum atomic E-state index is 12.4. The van der Waals surface area contributed by atoms with Crippen LogP contribution in [-0.4, -0.2) is 24.2 Å². The molecule has 0 aliphatic rings. The quantitative estimate of drug-likeness (QED) is 0.617. The summed E-state index contributed by atoms with van der Waals surface area (Å²) in [5, 5.41) is 6.14. The Hall–Kier alpha value is -1.83. The van der Waals surface area contributed by atoms with E-state index in [-0.39, 0.29) is 17.1 Å². The summed E-state index contributed by atoms with van der Waals surface area (Å²) in [6.07, 6.45) is 0.0408. The highest BCUT2D eigenvalue weighted by atomic mass is 79.9. The minimum atomic E-state index is -0.334. The van der Waals surface area contributed by atoms with Crippen molar-refractivity contribution in [3.05, 3.63) is 51.5 Å². The zero-order valence-corrected chi connectivity index (χ0v) is 17.6. The summed E-state index contributed by atoms with van der Waals surface area (Å²) in [4.78, 5) is 12.4. The van der Waals surface area contributed by atoms with Crippen molar-refractivity contribution in [1.29, 1.82) is 0 Å². The van der Waals surface area contributed by atoms with Crippen molar-refractivity contribution in [2.24, 2.45) is 0 Å². The number of methoxy groups -OCH3 is 1. The molecule has 0 spiro atoms. The Morgan fingerprint density at radius 1 is 1.19 bits per heavy atom. The molecule has 1 amide bonds. The van der Waals surface area contributed by atoms with E-state index in [0.717, 1.165) is 0 Å². The highest BCUT2D eigenvalue weighted by molar-refractivity contribution is 9.10. The number of hydrogen-bond donors (Lipinski definition) is 2. The van der Waals surface area contributed by atoms with Crippen LogP contribution in [0.3, 0.4) is 0 Å². The Balaban J connectivity index is 2.01. The summed E-state index contributed by atoms with van der Waals surface area (Å²) in [6.45, 7) is 3.87. The third kappa shape index (κ3) is 5.59. The van der Waals surface area contributed by atoms with Crippen LogP contribution in [0.1, 0.15) is 24.2 Å². The van der Waals surface area contributed by atoms with E-state index in [2.05, 4.69) is 26.6 Å². The molecule has 0 fully saturated rings. The number of benzene rings is 2. The van der Waals surface area contributed by atoms with E-state index in [9.17, 15) is 4.79 Å². The largest absolute Gasteiger partial charge is 0.495 e. The molecule has 0 atom stereocenters. The molecular weight excluding hydrogens is 440 g/mol. The van der Waals surface area contributed by atoms with E-state index in [1.165, 1.54) is 7.11 Å². The van der Waals surface area contributed by atoms with Gasteiger partial charge in [0.25, 0.3) is 5.91 Å². The number of thiocarbonyl (C=S) groups is 1. The van der Waals surface area contributed by atoms with Gasteiger partial charge < -0.3 is 14.8 Å². The minimum absolute atomic E-state index is 0.0408. The molecule has 2 aromatic carbocycles. The van der Waals surface area contributed by atoms with Crippen LogP contribution >= 0.6 is 39.7 Å². The van der Waals surface area contributed by atoms with Gasteiger partial charge in [-0.3, -0.25) is 10.1 Å². The molecule has 0 unspecified atom stereocenters. The van der Waals surface area contributed by atoms with Gasteiger partial charge in [-0.05, 0) is 78.4 Å². The first-order chi connectivity index (χ1) is 12.3. The number of anilines is 1. The van der Waals surface area contributed by atoms with Gasteiger partial charge in [0.1, 0.15) is 11.5 Å². The second-order valence-corrected chi connectivity index (χ2v) is 7.24. The maximum absolute atomic E-state index is 12.4. The van der Waals surface area contributed by atoms with Gasteiger partial charge in [0.15, 0.2) is 5.11 Å². The summed E-state index contributed by atoms with van der Waals surface area (Å²) < 4.78 is 11.4. The molecule has 0 saturated carbocycles. The van der Waals surface area contributed by atoms with Crippen LogP contribution in [-0.2, 0) is 0 Å². The normalized spacial score (nSPS) is 10.4. The molecule has 138 valence electrons. The molecule has 0 saturated heterocycles. The van der Waals surface area contributed by atoms with Crippen LogP contribution < -0.4 is 20.1 Å². The maximum Gasteiger partial charge on any atom is 0.257 e. The molecule has 0 bridgehead atoms. The van der Waals surface area contributed by atoms with Gasteiger partial charge >= 0.3 is 0 Å². The van der Waals surface area contributed by atoms with Crippen molar-refractivity contribution in [2.45, 2.75) is 20.0 Å². The standard InChI is InChI=1S/C18H18BrClN2O3S/c1-10(2)25-15-6-4-11(8-13(15)19)17(23)22-18(26)21-12-5-7-16(24-3)14(20)9-12/h4-10H,1-3H3,(H2,21,22,23,26). The Morgan fingerprint density at radius 3 is 2.46 bits per heavy atom. The summed E-state index contributed by atoms with van der Waals surface area (Å²) >= 11 is 14.7. The Morgan fingerprint density at radius 2 is 1.88 bits per heavy atom. The fourth-order valence-corrected chi connectivity index (χ4v) is 3.01. The SMILES string of the molecule is COc1ccc(NC(=S)NC(=O)c2ccc(OC(C)C)c(Br)c2)cc1Cl. The zero-order valence-electron chi connectivity index (χ0n) is 14.4. The molecule has 0 aromatic heterocycles. The van der Waals surface area contributed by atoms with Gasteiger partial charge in [0, 0.05) is 11.3 Å². The number of rotatable bonds is 5. The highest BCUT2D eigenvalue weighted by Gasteiger charge is 2.12. The van der Waals surface area contributed by atoms with Crippen LogP contribution in [0.2, 0.25) is 5.02 Å². The molecular formula is C18H18BrClN2O3S. The molecule has 0 aliphatic heterocycles. The molecule has 2 aromatic rings. The van der Waals surface area contributed by atoms with Crippen LogP contribution in [0.25, 0.3) is 0 Å². The third-order valence-corrected chi connectivity index (χ3v) is 4.31. The molecule has 2 rings (SSSR count). The van der Waals surface area contributed by atoms with Gasteiger partial charge in [0.2, 0.25) is 0 Å². The predicted octanol–water partition coefficient (Wildman–Crippen LogP) is 5.03. The lowest BCUT2D eigenvalue weighted by Crippen LogP contribution is -2.34. The van der Waals surface area contributed by atoms with E-state index >= 15 is 0 Å². The predicted molar refractivity (Wildman–Crippen MR) is 112 cm³/mol. The van der Waals surface area contributed by atoms with Gasteiger partial charge in [-0.2, -0.15) is 0 Å². The van der Waals surface area contributed by atoms with Gasteiger partial charge in [-0.1, -0.05) is 11.6 Å². The first-order valence-electron chi connectivity index (χ1n) is 7.72. The smallest absolute Gasteiger partial charge is 0.257 e. The Labute approximate surface area is 171 Å². The third-order valence-electron chi connectivity index (χ3n) is 3.19. The summed E-state index contributed by atoms with van der Waals surface area (Å²) in [5.74, 6) is 0.893. The Kier molecular flexibility index (Phi) is 7.25. The van der Waals surface area contributed by atoms with Crippen LogP contribution in [0.15, 0.2) is 40.9 Å². The zero-order chi connectivity index (χ0) is 19.3. The number of halogens is 2. The van der Waals surface area contributed by atoms with Crippen LogP contribution in [0.5, 0.6) is 11.5 Å². The molecule has 8 heteroatoms. The molecule has 0 aliphatic carbocycles. The monoisotopic (exact) mass is 456 g/mol. The molecule has 0 radical (unpaired) electrons. The Bertz CT molecular complexity index is 830. The second-order valence-electron chi connectivity index (χ2n) is 5.57. The van der Waals surface area contributed by atoms with Crippen molar-refractivity contribution in [1.82, 2.24) is 5.32 Å². The summed E-state index contributed by atoms with van der Waals surface area (Å²) in [6, 6.07) is 10.2. The van der Waals surface area contributed by atoms with Gasteiger partial charge in [0.05, 0.1) is 22.7 Å². The molecule has 2 N–H and O–H groups in total. The number of hydrogen-bond acceptors (Lipinski definition) is 4. The number of ether oxygens (including phenoxy) is 2. The van der Waals surface area contributed by atoms with E-state index in [1.807, 2.05) is 13.8 Å². The minimum Gasteiger partial charge on any atom is -0.495 e. The van der Waals surface area contributed by atoms with Crippen molar-refractivity contribution in [2.75, 3.05) is 12.4 Å². The first kappa shape index (κ1) is 20.5. The van der Waals surface area contributed by atoms with Crippen molar-refractivity contribution in [3.63, 3.8) is 0 Å². The van der Waals surface area contributed by atoms with Crippen molar-refractivity contribution >= 4 is 56.5 Å². The van der Waals surface area contributed by atoms with Crippen molar-refractivity contribution in [3.8, 4) is 11.5 Å². The number of nitrogens with one attached hydrogen (secondary N) is 2. The fraction of sp³-hybridized carbons (Fsp3) is 0.222. The van der Waals surface area contributed by atoms with Crippen molar-refractivity contribution < 1.29 is 14.3 Å². The van der Waals surface area contributed by atoms with E-state index in [0.29, 0.717) is 32.2 Å². The van der Waals surface area contributed by atoms with E-state index in [1.54, 1.807) is 36.4 Å². The fourth-order valence-electron chi connectivity index (χ4n) is 2.07. The number of carbonyl (C=O) groups excluding carboxylic acids is 1. The average molecular weight is 458 g/mol.